The van der Waals surface area contributed by atoms with Crippen LogP contribution in [0.4, 0.5) is 5.82 Å². The predicted octanol–water partition coefficient (Wildman–Crippen LogP) is 0.879. The molecule has 0 radical (unpaired) electrons. The number of hydrogen-bond acceptors (Lipinski definition) is 5. The van der Waals surface area contributed by atoms with Crippen LogP contribution in [0.5, 0.6) is 5.75 Å². The summed E-state index contributed by atoms with van der Waals surface area (Å²) in [5.41, 5.74) is 0. The van der Waals surface area contributed by atoms with E-state index in [2.05, 4.69) is 22.5 Å². The molecule has 0 spiro atoms. The maximum Gasteiger partial charge on any atom is 0.129 e. The number of aromatic nitrogens is 1. The number of morpholine rings is 1. The Morgan fingerprint density at radius 1 is 1.59 bits per heavy atom. The van der Waals surface area contributed by atoms with Crippen molar-refractivity contribution in [2.75, 3.05) is 32.1 Å². The third-order valence-corrected chi connectivity index (χ3v) is 2.71. The van der Waals surface area contributed by atoms with Crippen molar-refractivity contribution in [3.05, 3.63) is 18.3 Å². The summed E-state index contributed by atoms with van der Waals surface area (Å²) in [6.45, 7) is 4.62. The standard InChI is InChI=1S/C12H19N3O2/c1-9-6-13-7-11(17-9)8-15-12-5-10(16-2)3-4-14-12/h3-5,9,11,13H,6-8H2,1-2H3,(H,14,15)/t9-,11+/m1/s1. The van der Waals surface area contributed by atoms with Crippen molar-refractivity contribution < 1.29 is 9.47 Å². The Bertz CT molecular complexity index is 359. The summed E-state index contributed by atoms with van der Waals surface area (Å²) in [5, 5.41) is 6.59. The van der Waals surface area contributed by atoms with E-state index in [4.69, 9.17) is 9.47 Å². The van der Waals surface area contributed by atoms with Crippen LogP contribution in [0.3, 0.4) is 0 Å². The summed E-state index contributed by atoms with van der Waals surface area (Å²) >= 11 is 0. The zero-order valence-corrected chi connectivity index (χ0v) is 10.3. The average molecular weight is 237 g/mol. The summed E-state index contributed by atoms with van der Waals surface area (Å²) in [5.74, 6) is 1.62. The molecule has 0 unspecified atom stereocenters. The van der Waals surface area contributed by atoms with Crippen LogP contribution in [0.15, 0.2) is 18.3 Å². The van der Waals surface area contributed by atoms with Crippen LogP contribution >= 0.6 is 0 Å². The number of nitrogens with one attached hydrogen (secondary N) is 2. The maximum atomic E-state index is 5.78. The Kier molecular flexibility index (Phi) is 4.17. The first-order valence-corrected chi connectivity index (χ1v) is 5.88. The van der Waals surface area contributed by atoms with E-state index >= 15 is 0 Å². The molecule has 1 aromatic heterocycles. The zero-order chi connectivity index (χ0) is 12.1. The summed E-state index contributed by atoms with van der Waals surface area (Å²) in [4.78, 5) is 4.22. The maximum absolute atomic E-state index is 5.78. The van der Waals surface area contributed by atoms with Crippen LogP contribution < -0.4 is 15.4 Å². The van der Waals surface area contributed by atoms with Gasteiger partial charge in [0.05, 0.1) is 19.3 Å². The van der Waals surface area contributed by atoms with Crippen LogP contribution in [-0.2, 0) is 4.74 Å². The van der Waals surface area contributed by atoms with E-state index in [1.807, 2.05) is 12.1 Å². The van der Waals surface area contributed by atoms with Gasteiger partial charge in [-0.05, 0) is 13.0 Å². The highest BCUT2D eigenvalue weighted by Gasteiger charge is 2.18. The molecule has 17 heavy (non-hydrogen) atoms. The highest BCUT2D eigenvalue weighted by molar-refractivity contribution is 5.40. The highest BCUT2D eigenvalue weighted by Crippen LogP contribution is 2.14. The van der Waals surface area contributed by atoms with Crippen LogP contribution in [0.1, 0.15) is 6.92 Å². The van der Waals surface area contributed by atoms with Gasteiger partial charge in [-0.2, -0.15) is 0 Å². The first kappa shape index (κ1) is 12.1. The molecule has 1 aromatic rings. The second kappa shape index (κ2) is 5.84. The molecule has 0 aromatic carbocycles. The quantitative estimate of drug-likeness (QED) is 0.814. The molecule has 0 bridgehead atoms. The Hall–Kier alpha value is -1.33. The van der Waals surface area contributed by atoms with Gasteiger partial charge in [-0.1, -0.05) is 0 Å². The van der Waals surface area contributed by atoms with Crippen molar-refractivity contribution in [3.8, 4) is 5.75 Å². The van der Waals surface area contributed by atoms with Crippen molar-refractivity contribution in [1.82, 2.24) is 10.3 Å². The molecule has 1 saturated heterocycles. The van der Waals surface area contributed by atoms with E-state index in [9.17, 15) is 0 Å². The van der Waals surface area contributed by atoms with Crippen LogP contribution in [-0.4, -0.2) is 43.9 Å². The van der Waals surface area contributed by atoms with E-state index in [-0.39, 0.29) is 12.2 Å². The first-order chi connectivity index (χ1) is 8.28. The van der Waals surface area contributed by atoms with Crippen LogP contribution in [0.25, 0.3) is 0 Å². The number of rotatable bonds is 4. The second-order valence-corrected chi connectivity index (χ2v) is 4.19. The van der Waals surface area contributed by atoms with E-state index in [1.165, 1.54) is 0 Å². The monoisotopic (exact) mass is 237 g/mol. The molecule has 2 N–H and O–H groups in total. The Morgan fingerprint density at radius 2 is 2.47 bits per heavy atom. The molecule has 0 aliphatic carbocycles. The Labute approximate surface area is 102 Å². The predicted molar refractivity (Wildman–Crippen MR) is 66.5 cm³/mol. The van der Waals surface area contributed by atoms with Crippen molar-refractivity contribution in [2.24, 2.45) is 0 Å². The number of pyridine rings is 1. The molecule has 1 aliphatic heterocycles. The van der Waals surface area contributed by atoms with E-state index in [0.29, 0.717) is 0 Å². The highest BCUT2D eigenvalue weighted by atomic mass is 16.5. The molecule has 0 saturated carbocycles. The number of ether oxygens (including phenoxy) is 2. The average Bonchev–Trinajstić information content (AvgIpc) is 2.37. The van der Waals surface area contributed by atoms with Crippen LogP contribution in [0, 0.1) is 0 Å². The van der Waals surface area contributed by atoms with E-state index < -0.39 is 0 Å². The van der Waals surface area contributed by atoms with Gasteiger partial charge in [0.1, 0.15) is 11.6 Å². The second-order valence-electron chi connectivity index (χ2n) is 4.19. The molecule has 1 fully saturated rings. The molecule has 5 heteroatoms. The SMILES string of the molecule is COc1ccnc(NC[C@@H]2CNC[C@@H](C)O2)c1. The van der Waals surface area contributed by atoms with Gasteiger partial charge in [0.15, 0.2) is 0 Å². The number of anilines is 1. The van der Waals surface area contributed by atoms with Crippen molar-refractivity contribution in [3.63, 3.8) is 0 Å². The molecular weight excluding hydrogens is 218 g/mol. The van der Waals surface area contributed by atoms with Gasteiger partial charge >= 0.3 is 0 Å². The summed E-state index contributed by atoms with van der Waals surface area (Å²) in [6, 6.07) is 3.70. The molecule has 2 heterocycles. The van der Waals surface area contributed by atoms with Gasteiger partial charge in [-0.3, -0.25) is 0 Å². The van der Waals surface area contributed by atoms with Gasteiger partial charge < -0.3 is 20.1 Å². The molecular formula is C12H19N3O2. The molecule has 1 aliphatic rings. The van der Waals surface area contributed by atoms with Crippen molar-refractivity contribution >= 4 is 5.82 Å². The lowest BCUT2D eigenvalue weighted by Crippen LogP contribution is -2.46. The third kappa shape index (κ3) is 3.57. The Balaban J connectivity index is 1.84. The molecule has 94 valence electrons. The molecule has 0 amide bonds. The van der Waals surface area contributed by atoms with Gasteiger partial charge in [0.2, 0.25) is 0 Å². The molecule has 2 atom stereocenters. The fourth-order valence-corrected chi connectivity index (χ4v) is 1.85. The van der Waals surface area contributed by atoms with Gasteiger partial charge in [-0.25, -0.2) is 4.98 Å². The Morgan fingerprint density at radius 3 is 3.24 bits per heavy atom. The van der Waals surface area contributed by atoms with Gasteiger partial charge in [0, 0.05) is 31.9 Å². The third-order valence-electron chi connectivity index (χ3n) is 2.71. The number of nitrogens with zero attached hydrogens (tertiary/aromatic N) is 1. The van der Waals surface area contributed by atoms with Crippen molar-refractivity contribution in [2.45, 2.75) is 19.1 Å². The summed E-state index contributed by atoms with van der Waals surface area (Å²) in [7, 11) is 1.65. The fraction of sp³-hybridized carbons (Fsp3) is 0.583. The fourth-order valence-electron chi connectivity index (χ4n) is 1.85. The number of methoxy groups -OCH3 is 1. The molecule has 5 nitrogen and oxygen atoms in total. The lowest BCUT2D eigenvalue weighted by molar-refractivity contribution is -0.0196. The minimum Gasteiger partial charge on any atom is -0.497 e. The van der Waals surface area contributed by atoms with Crippen molar-refractivity contribution in [1.29, 1.82) is 0 Å². The van der Waals surface area contributed by atoms with Gasteiger partial charge in [-0.15, -0.1) is 0 Å². The zero-order valence-electron chi connectivity index (χ0n) is 10.3. The van der Waals surface area contributed by atoms with Crippen LogP contribution in [0.2, 0.25) is 0 Å². The normalized spacial score (nSPS) is 24.4. The van der Waals surface area contributed by atoms with E-state index in [0.717, 1.165) is 31.2 Å². The topological polar surface area (TPSA) is 55.4 Å². The first-order valence-electron chi connectivity index (χ1n) is 5.88. The minimum absolute atomic E-state index is 0.187. The largest absolute Gasteiger partial charge is 0.497 e. The summed E-state index contributed by atoms with van der Waals surface area (Å²) in [6.07, 6.45) is 2.18. The van der Waals surface area contributed by atoms with Gasteiger partial charge in [0.25, 0.3) is 0 Å². The number of hydrogen-bond donors (Lipinski definition) is 2. The minimum atomic E-state index is 0.187. The van der Waals surface area contributed by atoms with E-state index in [1.54, 1.807) is 13.3 Å². The smallest absolute Gasteiger partial charge is 0.129 e. The summed E-state index contributed by atoms with van der Waals surface area (Å²) < 4.78 is 10.9. The lowest BCUT2D eigenvalue weighted by atomic mass is 10.2. The lowest BCUT2D eigenvalue weighted by Gasteiger charge is -2.28. The molecule has 2 rings (SSSR count).